The van der Waals surface area contributed by atoms with Gasteiger partial charge < -0.3 is 9.15 Å². The maximum absolute atomic E-state index is 12.7. The van der Waals surface area contributed by atoms with Gasteiger partial charge in [-0.1, -0.05) is 18.2 Å². The molecule has 0 radical (unpaired) electrons. The number of piperidine rings is 1. The lowest BCUT2D eigenvalue weighted by molar-refractivity contribution is -0.384. The van der Waals surface area contributed by atoms with E-state index >= 15 is 0 Å². The number of esters is 1. The molecular formula is C21H20N4O7S. The second kappa shape index (κ2) is 9.46. The molecule has 0 unspecified atom stereocenters. The molecule has 1 aliphatic rings. The first-order valence-electron chi connectivity index (χ1n) is 10.1. The third-order valence-electron chi connectivity index (χ3n) is 5.30. The quantitative estimate of drug-likeness (QED) is 0.288. The van der Waals surface area contributed by atoms with Gasteiger partial charge in [0.1, 0.15) is 0 Å². The van der Waals surface area contributed by atoms with Crippen LogP contribution in [0.25, 0.3) is 11.5 Å². The van der Waals surface area contributed by atoms with Crippen LogP contribution in [-0.2, 0) is 26.2 Å². The zero-order chi connectivity index (χ0) is 23.4. The van der Waals surface area contributed by atoms with Gasteiger partial charge >= 0.3 is 5.97 Å². The Balaban J connectivity index is 1.29. The van der Waals surface area contributed by atoms with Crippen LogP contribution >= 0.6 is 0 Å². The minimum absolute atomic E-state index is 0.0602. The van der Waals surface area contributed by atoms with Crippen molar-refractivity contribution in [2.75, 3.05) is 13.1 Å². The van der Waals surface area contributed by atoms with Crippen LogP contribution in [0, 0.1) is 16.0 Å². The summed E-state index contributed by atoms with van der Waals surface area (Å²) in [6.45, 7) is 0.227. The molecule has 11 nitrogen and oxygen atoms in total. The van der Waals surface area contributed by atoms with Crippen molar-refractivity contribution in [1.29, 1.82) is 0 Å². The van der Waals surface area contributed by atoms with Crippen molar-refractivity contribution in [1.82, 2.24) is 14.5 Å². The molecule has 1 aromatic heterocycles. The first-order valence-corrected chi connectivity index (χ1v) is 11.6. The number of carbonyl (C=O) groups excluding carboxylic acids is 1. The summed E-state index contributed by atoms with van der Waals surface area (Å²) in [5.41, 5.74) is 0.438. The summed E-state index contributed by atoms with van der Waals surface area (Å²) in [5, 5.41) is 18.4. The molecule has 2 heterocycles. The molecule has 1 fully saturated rings. The SMILES string of the molecule is O=C(OCc1nnc(-c2ccc([N+](=O)[O-])cc2)o1)C1CCN(S(=O)(=O)c2ccccc2)CC1. The van der Waals surface area contributed by atoms with Crippen LogP contribution < -0.4 is 0 Å². The maximum atomic E-state index is 12.7. The summed E-state index contributed by atoms with van der Waals surface area (Å²) in [5.74, 6) is -0.651. The van der Waals surface area contributed by atoms with E-state index in [9.17, 15) is 23.3 Å². The van der Waals surface area contributed by atoms with E-state index in [-0.39, 0.29) is 42.1 Å². The van der Waals surface area contributed by atoms with Crippen LogP contribution in [0.4, 0.5) is 5.69 Å². The third kappa shape index (κ3) is 5.07. The van der Waals surface area contributed by atoms with Crippen LogP contribution in [0.5, 0.6) is 0 Å². The minimum Gasteiger partial charge on any atom is -0.455 e. The summed E-state index contributed by atoms with van der Waals surface area (Å²) in [4.78, 5) is 22.9. The monoisotopic (exact) mass is 472 g/mol. The Labute approximate surface area is 189 Å². The summed E-state index contributed by atoms with van der Waals surface area (Å²) in [7, 11) is -3.59. The average molecular weight is 472 g/mol. The fourth-order valence-electron chi connectivity index (χ4n) is 3.48. The van der Waals surface area contributed by atoms with Crippen molar-refractivity contribution in [2.45, 2.75) is 24.3 Å². The Morgan fingerprint density at radius 1 is 1.09 bits per heavy atom. The van der Waals surface area contributed by atoms with Crippen LogP contribution in [0.1, 0.15) is 18.7 Å². The van der Waals surface area contributed by atoms with E-state index in [2.05, 4.69) is 10.2 Å². The van der Waals surface area contributed by atoms with E-state index in [1.54, 1.807) is 30.3 Å². The number of sulfonamides is 1. The Bertz CT molecular complexity index is 1240. The van der Waals surface area contributed by atoms with Gasteiger partial charge in [0.15, 0.2) is 6.61 Å². The predicted molar refractivity (Wildman–Crippen MR) is 114 cm³/mol. The summed E-state index contributed by atoms with van der Waals surface area (Å²) >= 11 is 0. The van der Waals surface area contributed by atoms with Gasteiger partial charge in [0.2, 0.25) is 15.9 Å². The van der Waals surface area contributed by atoms with Crippen molar-refractivity contribution in [3.63, 3.8) is 0 Å². The second-order valence-electron chi connectivity index (χ2n) is 7.40. The molecule has 12 heteroatoms. The summed E-state index contributed by atoms with van der Waals surface area (Å²) < 4.78 is 37.5. The second-order valence-corrected chi connectivity index (χ2v) is 9.34. The van der Waals surface area contributed by atoms with E-state index in [1.807, 2.05) is 0 Å². The molecule has 0 N–H and O–H groups in total. The Kier molecular flexibility index (Phi) is 6.47. The van der Waals surface area contributed by atoms with Gasteiger partial charge in [-0.15, -0.1) is 10.2 Å². The number of nitrogens with zero attached hydrogens (tertiary/aromatic N) is 4. The van der Waals surface area contributed by atoms with Crippen molar-refractivity contribution < 1.29 is 27.3 Å². The first kappa shape index (κ1) is 22.6. The molecule has 0 spiro atoms. The Morgan fingerprint density at radius 3 is 2.39 bits per heavy atom. The van der Waals surface area contributed by atoms with Gasteiger partial charge in [0.05, 0.1) is 15.7 Å². The highest BCUT2D eigenvalue weighted by atomic mass is 32.2. The third-order valence-corrected chi connectivity index (χ3v) is 7.21. The normalized spacial score (nSPS) is 15.3. The molecule has 3 aromatic rings. The lowest BCUT2D eigenvalue weighted by Crippen LogP contribution is -2.40. The van der Waals surface area contributed by atoms with Crippen LogP contribution in [0.2, 0.25) is 0 Å². The van der Waals surface area contributed by atoms with Gasteiger partial charge in [-0.25, -0.2) is 8.42 Å². The fourth-order valence-corrected chi connectivity index (χ4v) is 4.97. The van der Waals surface area contributed by atoms with Crippen molar-refractivity contribution in [3.05, 3.63) is 70.6 Å². The number of benzene rings is 2. The zero-order valence-corrected chi connectivity index (χ0v) is 18.2. The number of nitro benzene ring substituents is 1. The Hall–Kier alpha value is -3.64. The molecule has 1 saturated heterocycles. The van der Waals surface area contributed by atoms with E-state index < -0.39 is 26.8 Å². The minimum atomic E-state index is -3.59. The van der Waals surface area contributed by atoms with Crippen LogP contribution in [0.3, 0.4) is 0 Å². The highest BCUT2D eigenvalue weighted by molar-refractivity contribution is 7.89. The smallest absolute Gasteiger partial charge is 0.309 e. The lowest BCUT2D eigenvalue weighted by Gasteiger charge is -2.30. The summed E-state index contributed by atoms with van der Waals surface area (Å²) in [6, 6.07) is 13.8. The fraction of sp³-hybridized carbons (Fsp3) is 0.286. The highest BCUT2D eigenvalue weighted by Crippen LogP contribution is 2.25. The highest BCUT2D eigenvalue weighted by Gasteiger charge is 2.32. The molecule has 0 bridgehead atoms. The van der Waals surface area contributed by atoms with Gasteiger partial charge in [-0.05, 0) is 37.1 Å². The van der Waals surface area contributed by atoms with Crippen LogP contribution in [0.15, 0.2) is 63.9 Å². The number of ether oxygens (including phenoxy) is 1. The molecule has 0 saturated carbocycles. The van der Waals surface area contributed by atoms with E-state index in [0.29, 0.717) is 18.4 Å². The molecule has 0 atom stereocenters. The molecular weight excluding hydrogens is 452 g/mol. The number of rotatable bonds is 7. The molecule has 2 aromatic carbocycles. The Morgan fingerprint density at radius 2 is 1.76 bits per heavy atom. The number of nitro groups is 1. The number of hydrogen-bond donors (Lipinski definition) is 0. The molecule has 1 aliphatic heterocycles. The number of aromatic nitrogens is 2. The van der Waals surface area contributed by atoms with Gasteiger partial charge in [-0.3, -0.25) is 14.9 Å². The number of non-ortho nitro benzene ring substituents is 1. The zero-order valence-electron chi connectivity index (χ0n) is 17.4. The number of carbonyl (C=O) groups is 1. The average Bonchev–Trinajstić information content (AvgIpc) is 3.32. The van der Waals surface area contributed by atoms with Crippen molar-refractivity contribution in [3.8, 4) is 11.5 Å². The molecule has 172 valence electrons. The van der Waals surface area contributed by atoms with E-state index in [0.717, 1.165) is 0 Å². The molecule has 33 heavy (non-hydrogen) atoms. The first-order chi connectivity index (χ1) is 15.8. The van der Waals surface area contributed by atoms with E-state index in [1.165, 1.54) is 28.6 Å². The standard InChI is InChI=1S/C21H20N4O7S/c26-21(16-10-12-24(13-11-16)33(29,30)18-4-2-1-3-5-18)31-14-19-22-23-20(32-19)15-6-8-17(9-7-15)25(27)28/h1-9,16H,10-14H2. The molecule has 4 rings (SSSR count). The van der Waals surface area contributed by atoms with Gasteiger partial charge in [-0.2, -0.15) is 4.31 Å². The largest absolute Gasteiger partial charge is 0.455 e. The summed E-state index contributed by atoms with van der Waals surface area (Å²) in [6.07, 6.45) is 0.700. The topological polar surface area (TPSA) is 146 Å². The number of hydrogen-bond acceptors (Lipinski definition) is 9. The van der Waals surface area contributed by atoms with Gasteiger partial charge in [0.25, 0.3) is 11.6 Å². The molecule has 0 aliphatic carbocycles. The van der Waals surface area contributed by atoms with Gasteiger partial charge in [0, 0.05) is 30.8 Å². The maximum Gasteiger partial charge on any atom is 0.309 e. The molecule has 0 amide bonds. The lowest BCUT2D eigenvalue weighted by atomic mass is 9.98. The van der Waals surface area contributed by atoms with Crippen LogP contribution in [-0.4, -0.2) is 46.9 Å². The van der Waals surface area contributed by atoms with Crippen molar-refractivity contribution in [2.24, 2.45) is 5.92 Å². The van der Waals surface area contributed by atoms with Crippen molar-refractivity contribution >= 4 is 21.7 Å². The van der Waals surface area contributed by atoms with E-state index in [4.69, 9.17) is 9.15 Å². The predicted octanol–water partition coefficient (Wildman–Crippen LogP) is 2.79.